The van der Waals surface area contributed by atoms with E-state index in [1.807, 2.05) is 0 Å². The van der Waals surface area contributed by atoms with E-state index in [0.29, 0.717) is 36.3 Å². The van der Waals surface area contributed by atoms with Crippen molar-refractivity contribution in [2.24, 2.45) is 11.3 Å². The SMILES string of the molecule is N#CC1(C(=O)NC[C@@H]2CC[C@H]2NC(=O)c2cnoc2-c2ccoc2)CC1. The molecule has 0 spiro atoms. The van der Waals surface area contributed by atoms with E-state index < -0.39 is 5.41 Å². The van der Waals surface area contributed by atoms with E-state index in [1.165, 1.54) is 18.7 Å². The van der Waals surface area contributed by atoms with Gasteiger partial charge in [-0.3, -0.25) is 9.59 Å². The normalized spacial score (nSPS) is 22.7. The summed E-state index contributed by atoms with van der Waals surface area (Å²) in [5, 5.41) is 18.6. The first kappa shape index (κ1) is 16.4. The van der Waals surface area contributed by atoms with Gasteiger partial charge in [0.25, 0.3) is 5.91 Å². The lowest BCUT2D eigenvalue weighted by Gasteiger charge is -2.37. The van der Waals surface area contributed by atoms with E-state index >= 15 is 0 Å². The second-order valence-corrected chi connectivity index (χ2v) is 6.90. The molecule has 0 unspecified atom stereocenters. The molecule has 2 N–H and O–H groups in total. The Balaban J connectivity index is 1.33. The topological polar surface area (TPSA) is 121 Å². The molecule has 8 heteroatoms. The van der Waals surface area contributed by atoms with Crippen molar-refractivity contribution in [1.29, 1.82) is 5.26 Å². The summed E-state index contributed by atoms with van der Waals surface area (Å²) in [6, 6.07) is 3.76. The molecule has 2 aromatic rings. The van der Waals surface area contributed by atoms with Gasteiger partial charge in [0, 0.05) is 12.6 Å². The van der Waals surface area contributed by atoms with Crippen LogP contribution in [0.1, 0.15) is 36.0 Å². The molecule has 2 saturated carbocycles. The standard InChI is InChI=1S/C18H18N4O4/c19-10-18(4-5-18)17(24)20-7-11-1-2-14(11)22-16(23)13-8-21-26-15(13)12-3-6-25-9-12/h3,6,8-9,11,14H,1-2,4-5,7H2,(H,20,24)(H,22,23)/t11-,14+/m0/s1. The van der Waals surface area contributed by atoms with Gasteiger partial charge in [0.15, 0.2) is 5.76 Å². The van der Waals surface area contributed by atoms with Gasteiger partial charge in [0.1, 0.15) is 17.2 Å². The van der Waals surface area contributed by atoms with E-state index in [2.05, 4.69) is 21.9 Å². The molecule has 134 valence electrons. The van der Waals surface area contributed by atoms with Crippen molar-refractivity contribution in [2.45, 2.75) is 31.7 Å². The Bertz CT molecular complexity index is 860. The summed E-state index contributed by atoms with van der Waals surface area (Å²) in [5.41, 5.74) is 0.184. The van der Waals surface area contributed by atoms with Crippen molar-refractivity contribution in [3.05, 3.63) is 30.4 Å². The quantitative estimate of drug-likeness (QED) is 0.817. The molecule has 26 heavy (non-hydrogen) atoms. The number of aromatic nitrogens is 1. The van der Waals surface area contributed by atoms with Crippen LogP contribution in [0.25, 0.3) is 11.3 Å². The number of carbonyl (C=O) groups is 2. The van der Waals surface area contributed by atoms with Crippen LogP contribution in [0.15, 0.2) is 33.7 Å². The van der Waals surface area contributed by atoms with Crippen LogP contribution in [0.2, 0.25) is 0 Å². The summed E-state index contributed by atoms with van der Waals surface area (Å²) in [4.78, 5) is 24.6. The van der Waals surface area contributed by atoms with E-state index in [4.69, 9.17) is 14.2 Å². The zero-order chi connectivity index (χ0) is 18.1. The van der Waals surface area contributed by atoms with Crippen LogP contribution < -0.4 is 10.6 Å². The zero-order valence-electron chi connectivity index (χ0n) is 14.0. The van der Waals surface area contributed by atoms with E-state index in [-0.39, 0.29) is 23.8 Å². The number of furan rings is 1. The highest BCUT2D eigenvalue weighted by Gasteiger charge is 2.50. The fourth-order valence-corrected chi connectivity index (χ4v) is 3.16. The third-order valence-corrected chi connectivity index (χ3v) is 5.26. The van der Waals surface area contributed by atoms with Gasteiger partial charge >= 0.3 is 0 Å². The lowest BCUT2D eigenvalue weighted by Crippen LogP contribution is -2.51. The van der Waals surface area contributed by atoms with Gasteiger partial charge in [-0.25, -0.2) is 0 Å². The Morgan fingerprint density at radius 1 is 1.38 bits per heavy atom. The van der Waals surface area contributed by atoms with Crippen molar-refractivity contribution in [1.82, 2.24) is 15.8 Å². The van der Waals surface area contributed by atoms with Gasteiger partial charge in [0.05, 0.1) is 24.1 Å². The molecular formula is C18H18N4O4. The van der Waals surface area contributed by atoms with Crippen molar-refractivity contribution < 1.29 is 18.5 Å². The molecule has 2 fully saturated rings. The molecule has 0 radical (unpaired) electrons. The number of hydrogen-bond donors (Lipinski definition) is 2. The van der Waals surface area contributed by atoms with Crippen LogP contribution in [0.3, 0.4) is 0 Å². The Morgan fingerprint density at radius 2 is 2.23 bits per heavy atom. The monoisotopic (exact) mass is 354 g/mol. The lowest BCUT2D eigenvalue weighted by molar-refractivity contribution is -0.124. The minimum atomic E-state index is -0.815. The molecule has 0 saturated heterocycles. The second-order valence-electron chi connectivity index (χ2n) is 6.90. The van der Waals surface area contributed by atoms with Crippen LogP contribution in [-0.2, 0) is 4.79 Å². The first-order valence-corrected chi connectivity index (χ1v) is 8.60. The molecule has 0 aromatic carbocycles. The number of amides is 2. The third-order valence-electron chi connectivity index (χ3n) is 5.26. The molecule has 2 aliphatic carbocycles. The molecule has 2 heterocycles. The molecule has 2 aliphatic rings. The number of rotatable bonds is 6. The number of nitrogens with one attached hydrogen (secondary N) is 2. The highest BCUT2D eigenvalue weighted by Crippen LogP contribution is 2.45. The summed E-state index contributed by atoms with van der Waals surface area (Å²) >= 11 is 0. The molecular weight excluding hydrogens is 336 g/mol. The predicted octanol–water partition coefficient (Wildman–Crippen LogP) is 1.86. The summed E-state index contributed by atoms with van der Waals surface area (Å²) in [7, 11) is 0. The number of carbonyl (C=O) groups excluding carboxylic acids is 2. The zero-order valence-corrected chi connectivity index (χ0v) is 14.0. The number of nitriles is 1. The fraction of sp³-hybridized carbons (Fsp3) is 0.444. The molecule has 0 aliphatic heterocycles. The number of nitrogens with zero attached hydrogens (tertiary/aromatic N) is 2. The van der Waals surface area contributed by atoms with E-state index in [1.54, 1.807) is 6.07 Å². The Morgan fingerprint density at radius 3 is 2.85 bits per heavy atom. The summed E-state index contributed by atoms with van der Waals surface area (Å²) in [6.45, 7) is 0.464. The van der Waals surface area contributed by atoms with Gasteiger partial charge < -0.3 is 19.6 Å². The lowest BCUT2D eigenvalue weighted by atomic mass is 9.79. The predicted molar refractivity (Wildman–Crippen MR) is 88.5 cm³/mol. The van der Waals surface area contributed by atoms with Crippen LogP contribution in [0.4, 0.5) is 0 Å². The average molecular weight is 354 g/mol. The summed E-state index contributed by atoms with van der Waals surface area (Å²) < 4.78 is 10.2. The maximum absolute atomic E-state index is 12.6. The van der Waals surface area contributed by atoms with E-state index in [9.17, 15) is 9.59 Å². The van der Waals surface area contributed by atoms with Gasteiger partial charge in [-0.2, -0.15) is 5.26 Å². The summed E-state index contributed by atoms with van der Waals surface area (Å²) in [5.74, 6) is 0.0668. The van der Waals surface area contributed by atoms with Gasteiger partial charge in [-0.15, -0.1) is 0 Å². The third kappa shape index (κ3) is 2.86. The molecule has 0 bridgehead atoms. The van der Waals surface area contributed by atoms with Gasteiger partial charge in [-0.05, 0) is 37.7 Å². The minimum absolute atomic E-state index is 0.0212. The van der Waals surface area contributed by atoms with Crippen molar-refractivity contribution in [3.8, 4) is 17.4 Å². The van der Waals surface area contributed by atoms with Crippen LogP contribution in [0, 0.1) is 22.7 Å². The minimum Gasteiger partial charge on any atom is -0.472 e. The Hall–Kier alpha value is -3.08. The van der Waals surface area contributed by atoms with Crippen molar-refractivity contribution >= 4 is 11.8 Å². The van der Waals surface area contributed by atoms with Crippen LogP contribution in [-0.4, -0.2) is 29.6 Å². The highest BCUT2D eigenvalue weighted by atomic mass is 16.5. The first-order valence-electron chi connectivity index (χ1n) is 8.60. The highest BCUT2D eigenvalue weighted by molar-refractivity contribution is 5.99. The molecule has 2 aromatic heterocycles. The Labute approximate surface area is 149 Å². The van der Waals surface area contributed by atoms with Gasteiger partial charge in [-0.1, -0.05) is 5.16 Å². The van der Waals surface area contributed by atoms with Crippen molar-refractivity contribution in [2.75, 3.05) is 6.54 Å². The van der Waals surface area contributed by atoms with Crippen molar-refractivity contribution in [3.63, 3.8) is 0 Å². The second kappa shape index (κ2) is 6.33. The molecule has 2 atom stereocenters. The molecule has 4 rings (SSSR count). The van der Waals surface area contributed by atoms with Crippen LogP contribution >= 0.6 is 0 Å². The maximum atomic E-state index is 12.6. The fourth-order valence-electron chi connectivity index (χ4n) is 3.16. The average Bonchev–Trinajstić information content (AvgIpc) is 3.02. The molecule has 2 amide bonds. The maximum Gasteiger partial charge on any atom is 0.257 e. The van der Waals surface area contributed by atoms with E-state index in [0.717, 1.165) is 12.8 Å². The van der Waals surface area contributed by atoms with Gasteiger partial charge in [0.2, 0.25) is 5.91 Å². The van der Waals surface area contributed by atoms with Crippen LogP contribution in [0.5, 0.6) is 0 Å². The summed E-state index contributed by atoms with van der Waals surface area (Å²) in [6.07, 6.45) is 7.40. The Kier molecular flexibility index (Phi) is 3.99. The smallest absolute Gasteiger partial charge is 0.257 e. The number of hydrogen-bond acceptors (Lipinski definition) is 6. The molecule has 8 nitrogen and oxygen atoms in total. The first-order chi connectivity index (χ1) is 12.6. The largest absolute Gasteiger partial charge is 0.472 e.